The van der Waals surface area contributed by atoms with Crippen LogP contribution in [0.25, 0.3) is 11.0 Å². The van der Waals surface area contributed by atoms with Crippen LogP contribution in [0.4, 0.5) is 0 Å². The van der Waals surface area contributed by atoms with Gasteiger partial charge in [0.05, 0.1) is 18.0 Å². The number of aryl methyl sites for hydroxylation is 2. The molecule has 4 rings (SSSR count). The Bertz CT molecular complexity index is 1180. The number of rotatable bonds is 6. The van der Waals surface area contributed by atoms with E-state index in [1.54, 1.807) is 36.5 Å². The maximum Gasteiger partial charge on any atom is 0.328 e. The zero-order chi connectivity index (χ0) is 23.5. The van der Waals surface area contributed by atoms with Crippen molar-refractivity contribution in [1.29, 1.82) is 0 Å². The molecule has 0 aliphatic carbocycles. The van der Waals surface area contributed by atoms with Crippen LogP contribution in [0.2, 0.25) is 5.02 Å². The summed E-state index contributed by atoms with van der Waals surface area (Å²) < 4.78 is 7.35. The maximum absolute atomic E-state index is 12.9. The fraction of sp³-hybridized carbons (Fsp3) is 0.375. The first kappa shape index (κ1) is 23.5. The number of thiazole rings is 1. The number of imidazole rings is 1. The van der Waals surface area contributed by atoms with Crippen molar-refractivity contribution in [3.05, 3.63) is 63.4 Å². The molecule has 0 spiro atoms. The number of aromatic nitrogens is 2. The highest BCUT2D eigenvalue weighted by Gasteiger charge is 2.32. The minimum absolute atomic E-state index is 0.0462. The normalized spacial score (nSPS) is 15.9. The summed E-state index contributed by atoms with van der Waals surface area (Å²) in [6.07, 6.45) is 5.49. The van der Waals surface area contributed by atoms with Crippen LogP contribution in [0.3, 0.4) is 0 Å². The Morgan fingerprint density at radius 2 is 1.88 bits per heavy atom. The molecule has 1 amide bonds. The second-order valence-electron chi connectivity index (χ2n) is 7.98. The van der Waals surface area contributed by atoms with Crippen molar-refractivity contribution >= 4 is 45.9 Å². The van der Waals surface area contributed by atoms with Gasteiger partial charge in [0.25, 0.3) is 0 Å². The van der Waals surface area contributed by atoms with Crippen LogP contribution < -0.4 is 0 Å². The summed E-state index contributed by atoms with van der Waals surface area (Å²) in [4.78, 5) is 36.1. The van der Waals surface area contributed by atoms with E-state index in [9.17, 15) is 9.59 Å². The third kappa shape index (κ3) is 5.13. The zero-order valence-electron chi connectivity index (χ0n) is 19.0. The van der Waals surface area contributed by atoms with Gasteiger partial charge in [-0.05, 0) is 44.5 Å². The molecule has 33 heavy (non-hydrogen) atoms. The first-order valence-electron chi connectivity index (χ1n) is 11.0. The van der Waals surface area contributed by atoms with Crippen molar-refractivity contribution in [2.24, 2.45) is 0 Å². The largest absolute Gasteiger partial charge is 0.465 e. The molecule has 3 heterocycles. The van der Waals surface area contributed by atoms with Gasteiger partial charge in [-0.3, -0.25) is 14.1 Å². The molecule has 174 valence electrons. The Morgan fingerprint density at radius 3 is 2.55 bits per heavy atom. The van der Waals surface area contributed by atoms with E-state index in [1.165, 1.54) is 4.88 Å². The van der Waals surface area contributed by atoms with E-state index in [4.69, 9.17) is 16.3 Å². The second kappa shape index (κ2) is 10.1. The van der Waals surface area contributed by atoms with E-state index in [1.807, 2.05) is 47.6 Å². The van der Waals surface area contributed by atoms with Gasteiger partial charge < -0.3 is 9.64 Å². The van der Waals surface area contributed by atoms with Gasteiger partial charge in [0, 0.05) is 48.4 Å². The first-order valence-corrected chi connectivity index (χ1v) is 12.1. The van der Waals surface area contributed by atoms with Gasteiger partial charge in [-0.25, -0.2) is 9.78 Å². The monoisotopic (exact) mass is 486 g/mol. The number of hydrogen-bond donors (Lipinski definition) is 0. The Hall–Kier alpha value is -2.68. The molecule has 3 aromatic rings. The molecule has 7 nitrogen and oxygen atoms in total. The molecular weight excluding hydrogens is 460 g/mol. The van der Waals surface area contributed by atoms with Gasteiger partial charge in [-0.1, -0.05) is 23.7 Å². The number of carbonyl (C=O) groups excluding carboxylic acids is 2. The van der Waals surface area contributed by atoms with Crippen LogP contribution in [0.1, 0.15) is 34.8 Å². The van der Waals surface area contributed by atoms with Gasteiger partial charge in [0.1, 0.15) is 6.04 Å². The molecule has 1 atom stereocenters. The summed E-state index contributed by atoms with van der Waals surface area (Å²) in [5, 5.41) is 0.617. The molecule has 1 fully saturated rings. The lowest BCUT2D eigenvalue weighted by molar-refractivity contribution is -0.151. The Labute approximate surface area is 202 Å². The van der Waals surface area contributed by atoms with Gasteiger partial charge in [-0.2, -0.15) is 0 Å². The average Bonchev–Trinajstić information content (AvgIpc) is 3.28. The highest BCUT2D eigenvalue weighted by atomic mass is 35.5. The van der Waals surface area contributed by atoms with Crippen molar-refractivity contribution in [3.63, 3.8) is 0 Å². The predicted molar refractivity (Wildman–Crippen MR) is 131 cm³/mol. The van der Waals surface area contributed by atoms with E-state index in [2.05, 4.69) is 9.88 Å². The van der Waals surface area contributed by atoms with Crippen LogP contribution in [-0.2, 0) is 14.3 Å². The van der Waals surface area contributed by atoms with Gasteiger partial charge in [0.2, 0.25) is 5.91 Å². The number of hydrogen-bond acceptors (Lipinski definition) is 6. The molecule has 2 aromatic heterocycles. The molecular formula is C24H27ClN4O3S. The number of halogens is 1. The number of esters is 1. The minimum Gasteiger partial charge on any atom is -0.465 e. The molecule has 1 aromatic carbocycles. The summed E-state index contributed by atoms with van der Waals surface area (Å²) in [6, 6.07) is 6.74. The smallest absolute Gasteiger partial charge is 0.328 e. The van der Waals surface area contributed by atoms with E-state index in [0.717, 1.165) is 21.9 Å². The van der Waals surface area contributed by atoms with Crippen LogP contribution in [-0.4, -0.2) is 63.8 Å². The van der Waals surface area contributed by atoms with Crippen LogP contribution in [0, 0.1) is 13.8 Å². The van der Waals surface area contributed by atoms with E-state index in [-0.39, 0.29) is 11.9 Å². The highest BCUT2D eigenvalue weighted by molar-refractivity contribution is 7.17. The molecule has 0 saturated carbocycles. The molecule has 0 radical (unpaired) electrons. The number of fused-ring (bicyclic) bond motifs is 1. The molecule has 0 N–H and O–H groups in total. The fourth-order valence-corrected chi connectivity index (χ4v) is 5.10. The summed E-state index contributed by atoms with van der Waals surface area (Å²) in [7, 11) is 0. The van der Waals surface area contributed by atoms with Gasteiger partial charge in [0.15, 0.2) is 4.96 Å². The summed E-state index contributed by atoms with van der Waals surface area (Å²) >= 11 is 7.65. The van der Waals surface area contributed by atoms with Crippen molar-refractivity contribution < 1.29 is 14.3 Å². The predicted octanol–water partition coefficient (Wildman–Crippen LogP) is 4.13. The summed E-state index contributed by atoms with van der Waals surface area (Å²) in [5.41, 5.74) is 2.66. The van der Waals surface area contributed by atoms with Gasteiger partial charge in [-0.15, -0.1) is 11.3 Å². The number of amides is 1. The number of benzene rings is 1. The standard InChI is InChI=1S/C24H27ClN4O3S/c1-4-32-23(31)22(18-5-7-19(25)8-6-18)28-13-11-27(12-14-28)21(30)10-9-20-17(3)26-24-29(20)15-16(2)33-24/h5-10,15,22H,4,11-14H2,1-3H3/b10-9+. The summed E-state index contributed by atoms with van der Waals surface area (Å²) in [6.45, 7) is 8.32. The lowest BCUT2D eigenvalue weighted by Crippen LogP contribution is -2.50. The second-order valence-corrected chi connectivity index (χ2v) is 9.63. The van der Waals surface area contributed by atoms with Crippen molar-refractivity contribution in [2.75, 3.05) is 32.8 Å². The SMILES string of the molecule is CCOC(=O)C(c1ccc(Cl)cc1)N1CCN(C(=O)/C=C/c2c(C)nc3sc(C)cn23)CC1. The molecule has 1 unspecified atom stereocenters. The molecule has 0 bridgehead atoms. The number of ether oxygens (including phenoxy) is 1. The Balaban J connectivity index is 1.43. The van der Waals surface area contributed by atoms with Crippen LogP contribution in [0.5, 0.6) is 0 Å². The third-order valence-electron chi connectivity index (χ3n) is 5.73. The zero-order valence-corrected chi connectivity index (χ0v) is 20.5. The van der Waals surface area contributed by atoms with Crippen molar-refractivity contribution in [1.82, 2.24) is 19.2 Å². The highest BCUT2D eigenvalue weighted by Crippen LogP contribution is 2.26. The Morgan fingerprint density at radius 1 is 1.18 bits per heavy atom. The number of nitrogens with zero attached hydrogens (tertiary/aromatic N) is 4. The molecule has 9 heteroatoms. The van der Waals surface area contributed by atoms with E-state index < -0.39 is 6.04 Å². The lowest BCUT2D eigenvalue weighted by atomic mass is 10.0. The number of carbonyl (C=O) groups is 2. The summed E-state index contributed by atoms with van der Waals surface area (Å²) in [5.74, 6) is -0.332. The maximum atomic E-state index is 12.9. The van der Waals surface area contributed by atoms with Crippen LogP contribution in [0.15, 0.2) is 36.5 Å². The van der Waals surface area contributed by atoms with E-state index >= 15 is 0 Å². The van der Waals surface area contributed by atoms with Crippen molar-refractivity contribution in [2.45, 2.75) is 26.8 Å². The van der Waals surface area contributed by atoms with E-state index in [0.29, 0.717) is 37.8 Å². The van der Waals surface area contributed by atoms with Crippen molar-refractivity contribution in [3.8, 4) is 0 Å². The Kier molecular flexibility index (Phi) is 7.17. The average molecular weight is 487 g/mol. The third-order valence-corrected chi connectivity index (χ3v) is 6.88. The van der Waals surface area contributed by atoms with Gasteiger partial charge >= 0.3 is 5.97 Å². The molecule has 1 aliphatic rings. The molecule has 1 saturated heterocycles. The van der Waals surface area contributed by atoms with Crippen LogP contribution >= 0.6 is 22.9 Å². The fourth-order valence-electron chi connectivity index (χ4n) is 4.10. The molecule has 1 aliphatic heterocycles. The first-order chi connectivity index (χ1) is 15.9. The minimum atomic E-state index is -0.514. The number of piperazine rings is 1. The topological polar surface area (TPSA) is 67.2 Å². The lowest BCUT2D eigenvalue weighted by Gasteiger charge is -2.38. The quantitative estimate of drug-likeness (QED) is 0.387.